The fourth-order valence-corrected chi connectivity index (χ4v) is 3.04. The first-order chi connectivity index (χ1) is 12.4. The molecule has 2 rings (SSSR count). The van der Waals surface area contributed by atoms with Gasteiger partial charge in [0.1, 0.15) is 5.75 Å². The Kier molecular flexibility index (Phi) is 7.64. The number of aliphatic hydroxyl groups is 1. The van der Waals surface area contributed by atoms with E-state index >= 15 is 0 Å². The third kappa shape index (κ3) is 6.79. The topological polar surface area (TPSA) is 78.1 Å². The number of hydrogen-bond acceptors (Lipinski definition) is 6. The lowest BCUT2D eigenvalue weighted by Gasteiger charge is -2.23. The number of carbonyl (C=O) groups excluding carboxylic acids is 1. The molecule has 1 heterocycles. The van der Waals surface area contributed by atoms with Gasteiger partial charge in [0, 0.05) is 5.41 Å². The Bertz CT molecular complexity index is 683. The summed E-state index contributed by atoms with van der Waals surface area (Å²) in [6.07, 6.45) is 1.52. The lowest BCUT2D eigenvalue weighted by molar-refractivity contribution is -0.148. The monoisotopic (exact) mass is 380 g/mol. The van der Waals surface area contributed by atoms with Gasteiger partial charge in [-0.2, -0.15) is 0 Å². The molecule has 142 valence electrons. The molecule has 1 N–H and O–H groups in total. The van der Waals surface area contributed by atoms with Crippen LogP contribution in [0.5, 0.6) is 5.75 Å². The van der Waals surface area contributed by atoms with Crippen molar-refractivity contribution < 1.29 is 28.3 Å². The maximum absolute atomic E-state index is 12.1. The van der Waals surface area contributed by atoms with Crippen LogP contribution < -0.4 is 4.74 Å². The summed E-state index contributed by atoms with van der Waals surface area (Å²) in [7, 11) is -0.147. The minimum Gasteiger partial charge on any atom is -0.482 e. The Morgan fingerprint density at radius 2 is 2.12 bits per heavy atom. The van der Waals surface area contributed by atoms with E-state index in [1.807, 2.05) is 39.0 Å². The van der Waals surface area contributed by atoms with Gasteiger partial charge in [0.2, 0.25) is 0 Å². The Labute approximate surface area is 155 Å². The largest absolute Gasteiger partial charge is 0.482 e. The first-order valence-corrected chi connectivity index (χ1v) is 9.29. The molecule has 0 amide bonds. The lowest BCUT2D eigenvalue weighted by atomic mass is 9.97. The van der Waals surface area contributed by atoms with Crippen LogP contribution in [0.3, 0.4) is 0 Å². The average molecular weight is 380 g/mol. The van der Waals surface area contributed by atoms with Crippen molar-refractivity contribution in [3.8, 4) is 5.75 Å². The standard InChI is InChI=1S/C19H25O6P/c1-14-6-4-7-15(10-14)23-11-17(21)25-18(16-8-5-9-22-16)26-24-13-19(2,3)12-20/h4-10,18,20,26H,11-13H2,1-3H3. The Morgan fingerprint density at radius 1 is 1.31 bits per heavy atom. The van der Waals surface area contributed by atoms with E-state index in [1.54, 1.807) is 18.2 Å². The van der Waals surface area contributed by atoms with Gasteiger partial charge in [-0.3, -0.25) is 0 Å². The molecule has 0 radical (unpaired) electrons. The highest BCUT2D eigenvalue weighted by Gasteiger charge is 2.23. The van der Waals surface area contributed by atoms with Crippen molar-refractivity contribution in [2.45, 2.75) is 26.6 Å². The first-order valence-electron chi connectivity index (χ1n) is 8.30. The van der Waals surface area contributed by atoms with E-state index in [9.17, 15) is 9.90 Å². The summed E-state index contributed by atoms with van der Waals surface area (Å²) >= 11 is 0. The van der Waals surface area contributed by atoms with Gasteiger partial charge in [-0.1, -0.05) is 26.0 Å². The molecule has 0 aliphatic carbocycles. The minimum absolute atomic E-state index is 0.00696. The van der Waals surface area contributed by atoms with Crippen molar-refractivity contribution in [2.24, 2.45) is 5.41 Å². The van der Waals surface area contributed by atoms with Crippen molar-refractivity contribution in [3.05, 3.63) is 54.0 Å². The minimum atomic E-state index is -0.645. The smallest absolute Gasteiger partial charge is 0.345 e. The summed E-state index contributed by atoms with van der Waals surface area (Å²) < 4.78 is 21.9. The molecule has 26 heavy (non-hydrogen) atoms. The number of esters is 1. The van der Waals surface area contributed by atoms with Crippen molar-refractivity contribution >= 4 is 14.8 Å². The molecule has 6 nitrogen and oxygen atoms in total. The van der Waals surface area contributed by atoms with E-state index in [0.717, 1.165) is 5.56 Å². The highest BCUT2D eigenvalue weighted by Crippen LogP contribution is 2.38. The number of hydrogen-bond donors (Lipinski definition) is 1. The molecule has 0 aliphatic rings. The van der Waals surface area contributed by atoms with Gasteiger partial charge in [0.15, 0.2) is 18.2 Å². The van der Waals surface area contributed by atoms with E-state index in [1.165, 1.54) is 6.26 Å². The number of benzene rings is 1. The van der Waals surface area contributed by atoms with Crippen LogP contribution in [-0.4, -0.2) is 30.9 Å². The fraction of sp³-hybridized carbons (Fsp3) is 0.421. The van der Waals surface area contributed by atoms with Crippen LogP contribution in [0.2, 0.25) is 0 Å². The number of carbonyl (C=O) groups is 1. The van der Waals surface area contributed by atoms with Crippen molar-refractivity contribution in [2.75, 3.05) is 19.8 Å². The Balaban J connectivity index is 1.88. The molecule has 0 aliphatic heterocycles. The average Bonchev–Trinajstić information content (AvgIpc) is 3.14. The van der Waals surface area contributed by atoms with Crippen LogP contribution in [0, 0.1) is 12.3 Å². The third-order valence-electron chi connectivity index (χ3n) is 3.48. The molecular weight excluding hydrogens is 355 g/mol. The van der Waals surface area contributed by atoms with E-state index in [0.29, 0.717) is 18.1 Å². The van der Waals surface area contributed by atoms with Crippen LogP contribution in [0.15, 0.2) is 47.1 Å². The molecule has 0 bridgehead atoms. The number of aliphatic hydroxyl groups excluding tert-OH is 1. The van der Waals surface area contributed by atoms with Crippen molar-refractivity contribution in [1.29, 1.82) is 0 Å². The van der Waals surface area contributed by atoms with E-state index < -0.39 is 11.8 Å². The fourth-order valence-electron chi connectivity index (χ4n) is 1.95. The van der Waals surface area contributed by atoms with Crippen LogP contribution >= 0.6 is 8.81 Å². The van der Waals surface area contributed by atoms with Gasteiger partial charge in [-0.25, -0.2) is 4.79 Å². The number of furan rings is 1. The van der Waals surface area contributed by atoms with Gasteiger partial charge in [-0.05, 0) is 36.8 Å². The maximum Gasteiger partial charge on any atom is 0.345 e. The van der Waals surface area contributed by atoms with Crippen LogP contribution in [0.4, 0.5) is 0 Å². The van der Waals surface area contributed by atoms with E-state index in [4.69, 9.17) is 18.4 Å². The van der Waals surface area contributed by atoms with Crippen molar-refractivity contribution in [3.63, 3.8) is 0 Å². The zero-order valence-corrected chi connectivity index (χ0v) is 16.2. The predicted molar refractivity (Wildman–Crippen MR) is 99.3 cm³/mol. The lowest BCUT2D eigenvalue weighted by Crippen LogP contribution is -2.22. The second-order valence-electron chi connectivity index (χ2n) is 6.72. The molecular formula is C19H25O6P. The maximum atomic E-state index is 12.1. The summed E-state index contributed by atoms with van der Waals surface area (Å²) in [6.45, 7) is 5.88. The summed E-state index contributed by atoms with van der Waals surface area (Å²) in [5, 5.41) is 9.29. The third-order valence-corrected chi connectivity index (χ3v) is 4.41. The number of aryl methyl sites for hydroxylation is 1. The quantitative estimate of drug-likeness (QED) is 0.498. The van der Waals surface area contributed by atoms with Crippen molar-refractivity contribution in [1.82, 2.24) is 0 Å². The summed E-state index contributed by atoms with van der Waals surface area (Å²) in [5.74, 6) is -0.0348. The molecule has 0 saturated carbocycles. The van der Waals surface area contributed by atoms with Crippen LogP contribution in [-0.2, 0) is 14.1 Å². The second kappa shape index (κ2) is 9.72. The van der Waals surface area contributed by atoms with Crippen LogP contribution in [0.25, 0.3) is 0 Å². The summed E-state index contributed by atoms with van der Waals surface area (Å²) in [4.78, 5) is 12.1. The molecule has 0 saturated heterocycles. The van der Waals surface area contributed by atoms with Gasteiger partial charge < -0.3 is 23.5 Å². The predicted octanol–water partition coefficient (Wildman–Crippen LogP) is 3.84. The summed E-state index contributed by atoms with van der Waals surface area (Å²) in [5.41, 5.74) is 0.685. The molecule has 1 aromatic carbocycles. The number of ether oxygens (including phenoxy) is 2. The Hall–Kier alpha value is -1.88. The molecule has 1 aromatic heterocycles. The summed E-state index contributed by atoms with van der Waals surface area (Å²) in [6, 6.07) is 10.9. The molecule has 2 unspecified atom stereocenters. The second-order valence-corrected chi connectivity index (χ2v) is 7.77. The van der Waals surface area contributed by atoms with E-state index in [2.05, 4.69) is 0 Å². The van der Waals surface area contributed by atoms with Crippen LogP contribution in [0.1, 0.15) is 31.0 Å². The van der Waals surface area contributed by atoms with Gasteiger partial charge in [0.25, 0.3) is 0 Å². The molecule has 0 fully saturated rings. The van der Waals surface area contributed by atoms with Gasteiger partial charge in [-0.15, -0.1) is 0 Å². The Morgan fingerprint density at radius 3 is 2.77 bits per heavy atom. The van der Waals surface area contributed by atoms with E-state index in [-0.39, 0.29) is 27.4 Å². The zero-order chi connectivity index (χ0) is 19.0. The highest BCUT2D eigenvalue weighted by molar-refractivity contribution is 7.32. The first kappa shape index (κ1) is 20.4. The molecule has 2 atom stereocenters. The SMILES string of the molecule is Cc1cccc(OCC(=O)OC(POCC(C)(C)CO)c2ccco2)c1. The zero-order valence-electron chi connectivity index (χ0n) is 15.2. The highest BCUT2D eigenvalue weighted by atomic mass is 31.1. The normalized spacial score (nSPS) is 13.1. The molecule has 0 spiro atoms. The molecule has 7 heteroatoms. The van der Waals surface area contributed by atoms with Gasteiger partial charge in [0.05, 0.1) is 28.3 Å². The number of rotatable bonds is 10. The van der Waals surface area contributed by atoms with Gasteiger partial charge >= 0.3 is 5.97 Å². The molecule has 2 aromatic rings.